The van der Waals surface area contributed by atoms with E-state index in [0.29, 0.717) is 5.52 Å². The van der Waals surface area contributed by atoms with Crippen LogP contribution in [0.25, 0.3) is 17.0 Å². The Bertz CT molecular complexity index is 766. The topological polar surface area (TPSA) is 82.9 Å². The number of nitrogens with zero attached hydrogens (tertiary/aromatic N) is 1. The third-order valence-corrected chi connectivity index (χ3v) is 2.61. The van der Waals surface area contributed by atoms with Crippen LogP contribution in [0.1, 0.15) is 5.56 Å². The first-order chi connectivity index (χ1) is 9.15. The quantitative estimate of drug-likeness (QED) is 0.501. The van der Waals surface area contributed by atoms with E-state index in [1.807, 2.05) is 18.2 Å². The summed E-state index contributed by atoms with van der Waals surface area (Å²) in [6, 6.07) is 10.6. The molecule has 1 N–H and O–H groups in total. The Morgan fingerprint density at radius 2 is 2.16 bits per heavy atom. The van der Waals surface area contributed by atoms with E-state index in [2.05, 4.69) is 9.72 Å². The maximum atomic E-state index is 11.8. The summed E-state index contributed by atoms with van der Waals surface area (Å²) in [7, 11) is 1.18. The third kappa shape index (κ3) is 2.53. The van der Waals surface area contributed by atoms with Crippen molar-refractivity contribution in [3.63, 3.8) is 0 Å². The molecule has 0 radical (unpaired) electrons. The Morgan fingerprint density at radius 1 is 1.42 bits per heavy atom. The Morgan fingerprint density at radius 3 is 2.84 bits per heavy atom. The van der Waals surface area contributed by atoms with Crippen molar-refractivity contribution in [1.82, 2.24) is 4.98 Å². The van der Waals surface area contributed by atoms with Gasteiger partial charge in [0.05, 0.1) is 7.11 Å². The first kappa shape index (κ1) is 12.6. The number of nitrogens with one attached hydrogen (secondary N) is 1. The minimum Gasteiger partial charge on any atom is -0.465 e. The summed E-state index contributed by atoms with van der Waals surface area (Å²) in [5.74, 6) is -0.768. The molecule has 1 aromatic heterocycles. The molecule has 1 heterocycles. The first-order valence-electron chi connectivity index (χ1n) is 5.48. The van der Waals surface area contributed by atoms with Gasteiger partial charge in [-0.05, 0) is 23.6 Å². The number of methoxy groups -OCH3 is 1. The summed E-state index contributed by atoms with van der Waals surface area (Å²) in [4.78, 5) is 25.8. The molecular formula is C14H10N2O3. The summed E-state index contributed by atoms with van der Waals surface area (Å²) >= 11 is 0. The van der Waals surface area contributed by atoms with Crippen molar-refractivity contribution in [2.24, 2.45) is 0 Å². The second kappa shape index (κ2) is 5.19. The van der Waals surface area contributed by atoms with Crippen LogP contribution in [-0.2, 0) is 9.53 Å². The first-order valence-corrected chi connectivity index (χ1v) is 5.48. The van der Waals surface area contributed by atoms with Crippen LogP contribution < -0.4 is 5.56 Å². The molecule has 0 saturated carbocycles. The van der Waals surface area contributed by atoms with Crippen LogP contribution in [0.5, 0.6) is 0 Å². The maximum absolute atomic E-state index is 11.8. The van der Waals surface area contributed by atoms with Gasteiger partial charge in [-0.15, -0.1) is 0 Å². The smallest absolute Gasteiger partial charge is 0.348 e. The van der Waals surface area contributed by atoms with E-state index in [4.69, 9.17) is 5.26 Å². The van der Waals surface area contributed by atoms with E-state index in [9.17, 15) is 9.59 Å². The van der Waals surface area contributed by atoms with Crippen molar-refractivity contribution in [2.45, 2.75) is 0 Å². The summed E-state index contributed by atoms with van der Waals surface area (Å²) in [6.45, 7) is 0. The molecule has 19 heavy (non-hydrogen) atoms. The normalized spacial score (nSPS) is 11.1. The van der Waals surface area contributed by atoms with E-state index >= 15 is 0 Å². The fraction of sp³-hybridized carbons (Fsp3) is 0.0714. The molecule has 0 bridgehead atoms. The van der Waals surface area contributed by atoms with Crippen molar-refractivity contribution in [3.05, 3.63) is 51.8 Å². The fourth-order valence-electron chi connectivity index (χ4n) is 1.67. The highest BCUT2D eigenvalue weighted by Crippen LogP contribution is 2.12. The second-order valence-corrected chi connectivity index (χ2v) is 3.80. The molecular weight excluding hydrogens is 244 g/mol. The number of rotatable bonds is 2. The molecule has 0 saturated heterocycles. The number of hydrogen-bond donors (Lipinski definition) is 1. The number of ether oxygens (including phenoxy) is 1. The molecule has 94 valence electrons. The Hall–Kier alpha value is -2.87. The van der Waals surface area contributed by atoms with Crippen LogP contribution in [0.3, 0.4) is 0 Å². The van der Waals surface area contributed by atoms with Crippen molar-refractivity contribution in [2.75, 3.05) is 7.11 Å². The molecule has 5 nitrogen and oxygen atoms in total. The van der Waals surface area contributed by atoms with Crippen LogP contribution in [0.2, 0.25) is 0 Å². The largest absolute Gasteiger partial charge is 0.465 e. The number of aromatic amines is 1. The van der Waals surface area contributed by atoms with Gasteiger partial charge in [0, 0.05) is 11.1 Å². The molecule has 0 spiro atoms. The van der Waals surface area contributed by atoms with Crippen LogP contribution >= 0.6 is 0 Å². The van der Waals surface area contributed by atoms with Crippen LogP contribution in [0, 0.1) is 11.3 Å². The van der Waals surface area contributed by atoms with E-state index < -0.39 is 5.97 Å². The highest BCUT2D eigenvalue weighted by Gasteiger charge is 2.10. The zero-order chi connectivity index (χ0) is 13.8. The highest BCUT2D eigenvalue weighted by molar-refractivity contribution is 5.98. The van der Waals surface area contributed by atoms with Crippen LogP contribution in [0.15, 0.2) is 40.7 Å². The SMILES string of the molecule is COC(=O)/C(C#N)=C/c1cc2ccccc2[nH]c1=O. The van der Waals surface area contributed by atoms with Gasteiger partial charge in [0.1, 0.15) is 11.6 Å². The number of benzene rings is 1. The fourth-order valence-corrected chi connectivity index (χ4v) is 1.67. The van der Waals surface area contributed by atoms with Gasteiger partial charge in [-0.25, -0.2) is 4.79 Å². The molecule has 0 amide bonds. The minimum atomic E-state index is -0.768. The maximum Gasteiger partial charge on any atom is 0.348 e. The molecule has 0 atom stereocenters. The number of carbonyl (C=O) groups excluding carboxylic acids is 1. The lowest BCUT2D eigenvalue weighted by atomic mass is 10.1. The number of fused-ring (bicyclic) bond motifs is 1. The van der Waals surface area contributed by atoms with Crippen molar-refractivity contribution in [1.29, 1.82) is 5.26 Å². The second-order valence-electron chi connectivity index (χ2n) is 3.80. The predicted molar refractivity (Wildman–Crippen MR) is 70.2 cm³/mol. The average molecular weight is 254 g/mol. The van der Waals surface area contributed by atoms with Gasteiger partial charge < -0.3 is 9.72 Å². The number of aromatic nitrogens is 1. The third-order valence-electron chi connectivity index (χ3n) is 2.61. The lowest BCUT2D eigenvalue weighted by molar-refractivity contribution is -0.135. The monoisotopic (exact) mass is 254 g/mol. The van der Waals surface area contributed by atoms with Gasteiger partial charge in [0.15, 0.2) is 0 Å². The lowest BCUT2D eigenvalue weighted by Crippen LogP contribution is -2.10. The number of carbonyl (C=O) groups is 1. The van der Waals surface area contributed by atoms with E-state index in [0.717, 1.165) is 5.39 Å². The number of pyridine rings is 1. The summed E-state index contributed by atoms with van der Waals surface area (Å²) in [5.41, 5.74) is 0.348. The Kier molecular flexibility index (Phi) is 3.44. The zero-order valence-corrected chi connectivity index (χ0v) is 10.1. The molecule has 1 aromatic carbocycles. The molecule has 0 unspecified atom stereocenters. The van der Waals surface area contributed by atoms with Gasteiger partial charge in [-0.3, -0.25) is 4.79 Å². The number of esters is 1. The number of hydrogen-bond acceptors (Lipinski definition) is 4. The predicted octanol–water partition coefficient (Wildman–Crippen LogP) is 1.61. The van der Waals surface area contributed by atoms with Crippen molar-refractivity contribution >= 4 is 22.9 Å². The Balaban J connectivity index is 2.60. The molecule has 0 fully saturated rings. The summed E-state index contributed by atoms with van der Waals surface area (Å²) < 4.78 is 4.46. The van der Waals surface area contributed by atoms with Gasteiger partial charge in [0.2, 0.25) is 0 Å². The van der Waals surface area contributed by atoms with Crippen molar-refractivity contribution in [3.8, 4) is 6.07 Å². The molecule has 0 aliphatic rings. The van der Waals surface area contributed by atoms with Gasteiger partial charge in [-0.1, -0.05) is 18.2 Å². The summed E-state index contributed by atoms with van der Waals surface area (Å²) in [5, 5.41) is 9.68. The van der Waals surface area contributed by atoms with E-state index in [1.165, 1.54) is 13.2 Å². The molecule has 2 aromatic rings. The zero-order valence-electron chi connectivity index (χ0n) is 10.1. The standard InChI is InChI=1S/C14H10N2O3/c1-19-14(18)11(8-15)7-10-6-9-4-2-3-5-12(9)16-13(10)17/h2-7H,1H3,(H,16,17)/b11-7+. The van der Waals surface area contributed by atoms with Gasteiger partial charge in [0.25, 0.3) is 5.56 Å². The van der Waals surface area contributed by atoms with Crippen molar-refractivity contribution < 1.29 is 9.53 Å². The minimum absolute atomic E-state index is 0.219. The molecule has 0 aliphatic carbocycles. The lowest BCUT2D eigenvalue weighted by Gasteiger charge is -2.00. The average Bonchev–Trinajstić information content (AvgIpc) is 2.44. The van der Waals surface area contributed by atoms with E-state index in [1.54, 1.807) is 18.2 Å². The number of para-hydroxylation sites is 1. The number of nitriles is 1. The molecule has 0 aliphatic heterocycles. The van der Waals surface area contributed by atoms with E-state index in [-0.39, 0.29) is 16.7 Å². The summed E-state index contributed by atoms with van der Waals surface area (Å²) in [6.07, 6.45) is 1.22. The Labute approximate surface area is 108 Å². The van der Waals surface area contributed by atoms with Gasteiger partial charge in [-0.2, -0.15) is 5.26 Å². The van der Waals surface area contributed by atoms with Crippen LogP contribution in [-0.4, -0.2) is 18.1 Å². The molecule has 2 rings (SSSR count). The highest BCUT2D eigenvalue weighted by atomic mass is 16.5. The van der Waals surface area contributed by atoms with Gasteiger partial charge >= 0.3 is 5.97 Å². The number of H-pyrrole nitrogens is 1. The van der Waals surface area contributed by atoms with Crippen LogP contribution in [0.4, 0.5) is 0 Å². The molecule has 5 heteroatoms.